The maximum atomic E-state index is 11.7. The number of carbonyl (C=O) groups is 2. The molecule has 0 aliphatic rings. The molecule has 5 heteroatoms. The van der Waals surface area contributed by atoms with Gasteiger partial charge in [0.15, 0.2) is 0 Å². The lowest BCUT2D eigenvalue weighted by Crippen LogP contribution is -2.46. The van der Waals surface area contributed by atoms with Gasteiger partial charge in [-0.25, -0.2) is 0 Å². The van der Waals surface area contributed by atoms with Crippen molar-refractivity contribution in [1.82, 2.24) is 0 Å². The highest BCUT2D eigenvalue weighted by Crippen LogP contribution is 2.12. The lowest BCUT2D eigenvalue weighted by atomic mass is 10.2. The molecule has 0 aromatic carbocycles. The van der Waals surface area contributed by atoms with Crippen molar-refractivity contribution in [3.05, 3.63) is 0 Å². The highest BCUT2D eigenvalue weighted by Gasteiger charge is 2.36. The summed E-state index contributed by atoms with van der Waals surface area (Å²) in [6.07, 6.45) is 0. The molecule has 0 fully saturated rings. The van der Waals surface area contributed by atoms with Gasteiger partial charge < -0.3 is 9.90 Å². The zero-order valence-electron chi connectivity index (χ0n) is 4.48. The van der Waals surface area contributed by atoms with E-state index >= 15 is 0 Å². The van der Waals surface area contributed by atoms with Crippen LogP contribution in [0.4, 0.5) is 8.78 Å². The minimum Gasteiger partial charge on any atom is -0.544 e. The fraction of sp³-hybridized carbons (Fsp3) is 0.500. The van der Waals surface area contributed by atoms with Crippen LogP contribution >= 0.6 is 0 Å². The zero-order valence-corrected chi connectivity index (χ0v) is 4.48. The van der Waals surface area contributed by atoms with E-state index in [1.165, 1.54) is 0 Å². The highest BCUT2D eigenvalue weighted by atomic mass is 19.3. The average molecular weight is 137 g/mol. The summed E-state index contributed by atoms with van der Waals surface area (Å²) in [5.41, 5.74) is 0. The molecule has 0 spiro atoms. The fourth-order valence-corrected chi connectivity index (χ4v) is 0.144. The molecule has 0 unspecified atom stereocenters. The standard InChI is InChI=1S/C4H4F2O3/c1-2(7)4(5,6)3(8)9/h1H3,(H,8,9)/p-1. The third-order valence-electron chi connectivity index (χ3n) is 0.699. The molecule has 0 aromatic rings. The highest BCUT2D eigenvalue weighted by molar-refractivity contribution is 6.02. The van der Waals surface area contributed by atoms with Crippen LogP contribution in [0, 0.1) is 0 Å². The Labute approximate surface area is 49.3 Å². The zero-order chi connectivity index (χ0) is 7.65. The summed E-state index contributed by atoms with van der Waals surface area (Å²) in [7, 11) is 0. The summed E-state index contributed by atoms with van der Waals surface area (Å²) >= 11 is 0. The van der Waals surface area contributed by atoms with Crippen LogP contribution in [-0.4, -0.2) is 17.7 Å². The Kier molecular flexibility index (Phi) is 1.85. The van der Waals surface area contributed by atoms with Crippen molar-refractivity contribution in [3.8, 4) is 0 Å². The molecule has 3 nitrogen and oxygen atoms in total. The SMILES string of the molecule is CC(=O)C(F)(F)C(=O)[O-]. The van der Waals surface area contributed by atoms with Crippen LogP contribution in [0.2, 0.25) is 0 Å². The smallest absolute Gasteiger partial charge is 0.344 e. The van der Waals surface area contributed by atoms with Gasteiger partial charge in [0.25, 0.3) is 0 Å². The first-order valence-corrected chi connectivity index (χ1v) is 1.99. The lowest BCUT2D eigenvalue weighted by Gasteiger charge is -2.11. The molecule has 52 valence electrons. The van der Waals surface area contributed by atoms with E-state index in [9.17, 15) is 23.5 Å². The summed E-state index contributed by atoms with van der Waals surface area (Å²) in [6, 6.07) is 0. The Balaban J connectivity index is 4.38. The predicted octanol–water partition coefficient (Wildman–Crippen LogP) is -1.04. The molecule has 0 atom stereocenters. The van der Waals surface area contributed by atoms with Crippen LogP contribution in [0.5, 0.6) is 0 Å². The van der Waals surface area contributed by atoms with Gasteiger partial charge in [-0.2, -0.15) is 8.78 Å². The second kappa shape index (κ2) is 2.08. The molecule has 0 heterocycles. The van der Waals surface area contributed by atoms with Gasteiger partial charge in [0.05, 0.1) is 0 Å². The maximum absolute atomic E-state index is 11.7. The minimum atomic E-state index is -4.33. The molecule has 0 rings (SSSR count). The lowest BCUT2D eigenvalue weighted by molar-refractivity contribution is -0.325. The van der Waals surface area contributed by atoms with E-state index in [2.05, 4.69) is 0 Å². The minimum absolute atomic E-state index is 0.482. The van der Waals surface area contributed by atoms with Crippen molar-refractivity contribution < 1.29 is 23.5 Å². The molecule has 0 aliphatic heterocycles. The van der Waals surface area contributed by atoms with Gasteiger partial charge in [-0.3, -0.25) is 4.79 Å². The molecule has 0 aromatic heterocycles. The van der Waals surface area contributed by atoms with E-state index in [1.807, 2.05) is 0 Å². The number of halogens is 2. The molecule has 0 saturated heterocycles. The van der Waals surface area contributed by atoms with E-state index in [0.717, 1.165) is 0 Å². The molecular weight excluding hydrogens is 134 g/mol. The number of rotatable bonds is 2. The summed E-state index contributed by atoms with van der Waals surface area (Å²) in [5, 5.41) is 9.38. The molecule has 0 N–H and O–H groups in total. The van der Waals surface area contributed by atoms with Crippen LogP contribution < -0.4 is 5.11 Å². The van der Waals surface area contributed by atoms with E-state index in [4.69, 9.17) is 0 Å². The van der Waals surface area contributed by atoms with Gasteiger partial charge >= 0.3 is 5.92 Å². The maximum Gasteiger partial charge on any atom is 0.344 e. The molecule has 9 heavy (non-hydrogen) atoms. The van der Waals surface area contributed by atoms with Gasteiger partial charge in [0.2, 0.25) is 5.78 Å². The number of carboxylic acid groups (broad SMARTS) is 1. The quantitative estimate of drug-likeness (QED) is 0.457. The number of alkyl halides is 2. The third-order valence-corrected chi connectivity index (χ3v) is 0.699. The fourth-order valence-electron chi connectivity index (χ4n) is 0.144. The van der Waals surface area contributed by atoms with Gasteiger partial charge in [-0.15, -0.1) is 0 Å². The number of carboxylic acids is 1. The van der Waals surface area contributed by atoms with Crippen molar-refractivity contribution in [2.45, 2.75) is 12.8 Å². The van der Waals surface area contributed by atoms with Crippen molar-refractivity contribution in [2.24, 2.45) is 0 Å². The Morgan fingerprint density at radius 2 is 1.78 bits per heavy atom. The van der Waals surface area contributed by atoms with Gasteiger partial charge in [-0.05, 0) is 0 Å². The van der Waals surface area contributed by atoms with Crippen molar-refractivity contribution in [3.63, 3.8) is 0 Å². The Hall–Kier alpha value is -1.00. The van der Waals surface area contributed by atoms with Crippen molar-refractivity contribution in [1.29, 1.82) is 0 Å². The molecule has 0 aliphatic carbocycles. The van der Waals surface area contributed by atoms with Crippen molar-refractivity contribution >= 4 is 11.8 Å². The third kappa shape index (κ3) is 1.45. The topological polar surface area (TPSA) is 57.2 Å². The molecule has 0 radical (unpaired) electrons. The first-order valence-electron chi connectivity index (χ1n) is 1.99. The van der Waals surface area contributed by atoms with Crippen LogP contribution in [-0.2, 0) is 9.59 Å². The van der Waals surface area contributed by atoms with Gasteiger partial charge in [-0.1, -0.05) is 0 Å². The van der Waals surface area contributed by atoms with Crippen molar-refractivity contribution in [2.75, 3.05) is 0 Å². The van der Waals surface area contributed by atoms with E-state index in [1.54, 1.807) is 0 Å². The Morgan fingerprint density at radius 1 is 1.44 bits per heavy atom. The summed E-state index contributed by atoms with van der Waals surface area (Å²) in [6.45, 7) is 0.482. The van der Waals surface area contributed by atoms with Crippen LogP contribution in [0.3, 0.4) is 0 Å². The second-order valence-electron chi connectivity index (χ2n) is 1.42. The number of Topliss-reactive ketones (excluding diaryl/α,β-unsaturated/α-hetero) is 1. The number of hydrogen-bond donors (Lipinski definition) is 0. The summed E-state index contributed by atoms with van der Waals surface area (Å²) in [4.78, 5) is 19.1. The van der Waals surface area contributed by atoms with Crippen LogP contribution in [0.15, 0.2) is 0 Å². The Morgan fingerprint density at radius 3 is 1.78 bits per heavy atom. The van der Waals surface area contributed by atoms with E-state index in [0.29, 0.717) is 6.92 Å². The van der Waals surface area contributed by atoms with Crippen LogP contribution in [0.1, 0.15) is 6.92 Å². The molecule has 0 saturated carbocycles. The molecule has 0 amide bonds. The van der Waals surface area contributed by atoms with Crippen LogP contribution in [0.25, 0.3) is 0 Å². The summed E-state index contributed by atoms with van der Waals surface area (Å²) in [5.74, 6) is -8.71. The average Bonchev–Trinajstić information content (AvgIpc) is 1.65. The van der Waals surface area contributed by atoms with Gasteiger partial charge in [0.1, 0.15) is 5.97 Å². The number of aliphatic carboxylic acids is 1. The number of carbonyl (C=O) groups excluding carboxylic acids is 2. The van der Waals surface area contributed by atoms with Gasteiger partial charge in [0, 0.05) is 6.92 Å². The first-order chi connectivity index (χ1) is 3.89. The Bertz CT molecular complexity index is 136. The van der Waals surface area contributed by atoms with E-state index in [-0.39, 0.29) is 0 Å². The summed E-state index contributed by atoms with van der Waals surface area (Å²) < 4.78 is 23.3. The largest absolute Gasteiger partial charge is 0.544 e. The van der Waals surface area contributed by atoms with E-state index < -0.39 is 17.7 Å². The monoisotopic (exact) mass is 137 g/mol. The number of ketones is 1. The second-order valence-corrected chi connectivity index (χ2v) is 1.42. The molecule has 0 bridgehead atoms. The molecular formula is C4H3F2O3-. The predicted molar refractivity (Wildman–Crippen MR) is 20.6 cm³/mol. The number of hydrogen-bond acceptors (Lipinski definition) is 3. The normalized spacial score (nSPS) is 11.0. The first kappa shape index (κ1) is 8.00.